The molecular formula is C20H19N3OS3. The van der Waals surface area contributed by atoms with Crippen molar-refractivity contribution >= 4 is 60.8 Å². The van der Waals surface area contributed by atoms with E-state index in [4.69, 9.17) is 0 Å². The summed E-state index contributed by atoms with van der Waals surface area (Å²) in [7, 11) is 0. The molecule has 0 aliphatic rings. The van der Waals surface area contributed by atoms with Crippen LogP contribution in [0.4, 0.5) is 0 Å². The molecule has 2 aromatic heterocycles. The lowest BCUT2D eigenvalue weighted by atomic mass is 10.1. The van der Waals surface area contributed by atoms with Gasteiger partial charge in [0, 0.05) is 17.9 Å². The van der Waals surface area contributed by atoms with E-state index in [0.29, 0.717) is 5.56 Å². The normalized spacial score (nSPS) is 12.3. The van der Waals surface area contributed by atoms with E-state index in [2.05, 4.69) is 46.8 Å². The van der Waals surface area contributed by atoms with Gasteiger partial charge in [-0.2, -0.15) is 16.8 Å². The zero-order valence-corrected chi connectivity index (χ0v) is 17.8. The lowest BCUT2D eigenvalue weighted by molar-refractivity contribution is 0.0998. The van der Waals surface area contributed by atoms with E-state index in [9.17, 15) is 4.79 Å². The number of aromatic nitrogens is 2. The number of amides is 1. The molecule has 138 valence electrons. The van der Waals surface area contributed by atoms with Gasteiger partial charge in [-0.15, -0.1) is 11.3 Å². The van der Waals surface area contributed by atoms with Gasteiger partial charge in [-0.1, -0.05) is 11.3 Å². The molecule has 2 heterocycles. The van der Waals surface area contributed by atoms with E-state index in [1.54, 1.807) is 28.6 Å². The van der Waals surface area contributed by atoms with Crippen molar-refractivity contribution in [1.29, 1.82) is 0 Å². The Morgan fingerprint density at radius 1 is 1.19 bits per heavy atom. The fraction of sp³-hybridized carbons (Fsp3) is 0.250. The molecule has 0 bridgehead atoms. The van der Waals surface area contributed by atoms with Crippen LogP contribution in [0.15, 0.2) is 40.8 Å². The smallest absolute Gasteiger partial charge is 0.279 e. The second-order valence-corrected chi connectivity index (χ2v) is 9.27. The van der Waals surface area contributed by atoms with Crippen molar-refractivity contribution in [2.75, 3.05) is 12.0 Å². The van der Waals surface area contributed by atoms with E-state index in [-0.39, 0.29) is 5.91 Å². The fourth-order valence-electron chi connectivity index (χ4n) is 2.95. The number of thiazole rings is 2. The lowest BCUT2D eigenvalue weighted by Crippen LogP contribution is -2.18. The fourth-order valence-corrected chi connectivity index (χ4v) is 5.16. The first-order valence-corrected chi connectivity index (χ1v) is 11.7. The number of nitrogens with zero attached hydrogens (tertiary/aromatic N) is 3. The Morgan fingerprint density at radius 2 is 2.00 bits per heavy atom. The highest BCUT2D eigenvalue weighted by molar-refractivity contribution is 7.98. The van der Waals surface area contributed by atoms with Crippen LogP contribution in [0.1, 0.15) is 21.5 Å². The molecule has 7 heteroatoms. The third-order valence-electron chi connectivity index (χ3n) is 4.59. The number of carbonyl (C=O) groups excluding carboxylic acids is 1. The maximum Gasteiger partial charge on any atom is 0.279 e. The Hall–Kier alpha value is -1.96. The predicted molar refractivity (Wildman–Crippen MR) is 117 cm³/mol. The summed E-state index contributed by atoms with van der Waals surface area (Å²) in [6.45, 7) is 5.08. The lowest BCUT2D eigenvalue weighted by Gasteiger charge is -2.06. The molecule has 0 radical (unpaired) electrons. The molecule has 0 N–H and O–H groups in total. The zero-order valence-electron chi connectivity index (χ0n) is 15.4. The standard InChI is InChI=1S/C20H19N3OS3/c1-12-8-16-18(9-13(12)2)27-20(23(16)6-7-25-3)22-19(24)14-4-5-15-17(10-14)26-11-21-15/h4-5,8-11H,6-7H2,1-3H3. The molecule has 0 aliphatic heterocycles. The number of rotatable bonds is 4. The van der Waals surface area contributed by atoms with Gasteiger partial charge in [0.1, 0.15) is 0 Å². The van der Waals surface area contributed by atoms with Gasteiger partial charge in [0.05, 0.1) is 25.9 Å². The Kier molecular flexibility index (Phi) is 5.16. The second-order valence-electron chi connectivity index (χ2n) is 6.39. The molecule has 4 nitrogen and oxygen atoms in total. The summed E-state index contributed by atoms with van der Waals surface area (Å²) in [5.41, 5.74) is 6.98. The summed E-state index contributed by atoms with van der Waals surface area (Å²) in [5, 5.41) is 0. The first kappa shape index (κ1) is 18.4. The maximum absolute atomic E-state index is 12.8. The summed E-state index contributed by atoms with van der Waals surface area (Å²) in [5.74, 6) is 0.774. The van der Waals surface area contributed by atoms with Crippen molar-refractivity contribution in [3.63, 3.8) is 0 Å². The number of hydrogen-bond acceptors (Lipinski definition) is 5. The van der Waals surface area contributed by atoms with Gasteiger partial charge < -0.3 is 4.57 Å². The van der Waals surface area contributed by atoms with Crippen molar-refractivity contribution in [3.05, 3.63) is 57.3 Å². The molecule has 0 spiro atoms. The number of aryl methyl sites for hydroxylation is 3. The average molecular weight is 414 g/mol. The average Bonchev–Trinajstić information content (AvgIpc) is 3.24. The highest BCUT2D eigenvalue weighted by Crippen LogP contribution is 2.23. The molecule has 4 aromatic rings. The third-order valence-corrected chi connectivity index (χ3v) is 7.02. The Balaban J connectivity index is 1.83. The number of thioether (sulfide) groups is 1. The minimum Gasteiger partial charge on any atom is -0.315 e. The van der Waals surface area contributed by atoms with Crippen LogP contribution in [0, 0.1) is 13.8 Å². The van der Waals surface area contributed by atoms with Gasteiger partial charge in [0.25, 0.3) is 5.91 Å². The number of fused-ring (bicyclic) bond motifs is 2. The van der Waals surface area contributed by atoms with Gasteiger partial charge >= 0.3 is 0 Å². The Labute approximate surface area is 169 Å². The van der Waals surface area contributed by atoms with Crippen LogP contribution < -0.4 is 4.80 Å². The Morgan fingerprint density at radius 3 is 2.81 bits per heavy atom. The van der Waals surface area contributed by atoms with Crippen LogP contribution in [0.2, 0.25) is 0 Å². The van der Waals surface area contributed by atoms with Crippen LogP contribution in [0.5, 0.6) is 0 Å². The quantitative estimate of drug-likeness (QED) is 0.471. The molecule has 4 rings (SSSR count). The number of carbonyl (C=O) groups is 1. The summed E-state index contributed by atoms with van der Waals surface area (Å²) in [6.07, 6.45) is 2.09. The van der Waals surface area contributed by atoms with E-state index < -0.39 is 0 Å². The summed E-state index contributed by atoms with van der Waals surface area (Å²) < 4.78 is 4.35. The first-order valence-electron chi connectivity index (χ1n) is 8.58. The van der Waals surface area contributed by atoms with E-state index in [1.807, 2.05) is 18.2 Å². The van der Waals surface area contributed by atoms with E-state index in [1.165, 1.54) is 27.2 Å². The van der Waals surface area contributed by atoms with Crippen LogP contribution in [-0.2, 0) is 6.54 Å². The van der Waals surface area contributed by atoms with Crippen molar-refractivity contribution in [2.24, 2.45) is 4.99 Å². The molecule has 0 atom stereocenters. The van der Waals surface area contributed by atoms with Gasteiger partial charge in [-0.05, 0) is 61.6 Å². The highest BCUT2D eigenvalue weighted by atomic mass is 32.2. The second kappa shape index (κ2) is 7.58. The molecule has 0 fully saturated rings. The monoisotopic (exact) mass is 413 g/mol. The third kappa shape index (κ3) is 3.59. The number of benzene rings is 2. The van der Waals surface area contributed by atoms with Crippen molar-refractivity contribution in [1.82, 2.24) is 9.55 Å². The van der Waals surface area contributed by atoms with Gasteiger partial charge in [-0.3, -0.25) is 4.79 Å². The largest absolute Gasteiger partial charge is 0.315 e. The molecule has 0 saturated heterocycles. The molecule has 0 saturated carbocycles. The molecule has 1 amide bonds. The summed E-state index contributed by atoms with van der Waals surface area (Å²) in [4.78, 5) is 22.3. The summed E-state index contributed by atoms with van der Waals surface area (Å²) >= 11 is 4.91. The topological polar surface area (TPSA) is 47.2 Å². The first-order chi connectivity index (χ1) is 13.1. The SMILES string of the molecule is CSCCn1c(=NC(=O)c2ccc3ncsc3c2)sc2cc(C)c(C)cc21. The molecular weight excluding hydrogens is 394 g/mol. The van der Waals surface area contributed by atoms with Crippen LogP contribution in [-0.4, -0.2) is 27.5 Å². The summed E-state index contributed by atoms with van der Waals surface area (Å²) in [6, 6.07) is 9.97. The van der Waals surface area contributed by atoms with Crippen molar-refractivity contribution in [3.8, 4) is 0 Å². The molecule has 2 aromatic carbocycles. The van der Waals surface area contributed by atoms with E-state index in [0.717, 1.165) is 32.8 Å². The van der Waals surface area contributed by atoms with Crippen LogP contribution in [0.25, 0.3) is 20.4 Å². The molecule has 0 unspecified atom stereocenters. The van der Waals surface area contributed by atoms with Crippen LogP contribution in [0.3, 0.4) is 0 Å². The van der Waals surface area contributed by atoms with Crippen molar-refractivity contribution in [2.45, 2.75) is 20.4 Å². The molecule has 27 heavy (non-hydrogen) atoms. The van der Waals surface area contributed by atoms with E-state index >= 15 is 0 Å². The van der Waals surface area contributed by atoms with Crippen molar-refractivity contribution < 1.29 is 4.79 Å². The number of hydrogen-bond donors (Lipinski definition) is 0. The Bertz CT molecular complexity index is 1220. The van der Waals surface area contributed by atoms with Gasteiger partial charge in [-0.25, -0.2) is 4.98 Å². The van der Waals surface area contributed by atoms with Gasteiger partial charge in [0.2, 0.25) is 0 Å². The molecule has 0 aliphatic carbocycles. The van der Waals surface area contributed by atoms with Crippen LogP contribution >= 0.6 is 34.4 Å². The zero-order chi connectivity index (χ0) is 19.0. The predicted octanol–water partition coefficient (Wildman–Crippen LogP) is 5.03. The highest BCUT2D eigenvalue weighted by Gasteiger charge is 2.11. The van der Waals surface area contributed by atoms with Gasteiger partial charge in [0.15, 0.2) is 4.80 Å². The maximum atomic E-state index is 12.8. The minimum atomic E-state index is -0.205. The minimum absolute atomic E-state index is 0.205.